The van der Waals surface area contributed by atoms with Crippen LogP contribution in [0.2, 0.25) is 0 Å². The Morgan fingerprint density at radius 1 is 1.25 bits per heavy atom. The molecule has 0 aromatic heterocycles. The van der Waals surface area contributed by atoms with Gasteiger partial charge in [0.15, 0.2) is 0 Å². The van der Waals surface area contributed by atoms with Crippen molar-refractivity contribution >= 4 is 11.8 Å². The van der Waals surface area contributed by atoms with Crippen LogP contribution in [0.25, 0.3) is 0 Å². The lowest BCUT2D eigenvalue weighted by molar-refractivity contribution is -0.136. The maximum atomic E-state index is 12.7. The zero-order valence-corrected chi connectivity index (χ0v) is 12.3. The molecular formula is C16H22N2O2. The van der Waals surface area contributed by atoms with Crippen LogP contribution in [-0.4, -0.2) is 34.8 Å². The molecule has 1 fully saturated rings. The van der Waals surface area contributed by atoms with E-state index < -0.39 is 6.04 Å². The summed E-state index contributed by atoms with van der Waals surface area (Å²) < 4.78 is 0. The fourth-order valence-corrected chi connectivity index (χ4v) is 2.83. The first-order valence-corrected chi connectivity index (χ1v) is 7.14. The van der Waals surface area contributed by atoms with Gasteiger partial charge in [-0.25, -0.2) is 0 Å². The van der Waals surface area contributed by atoms with Gasteiger partial charge in [0.2, 0.25) is 11.8 Å². The van der Waals surface area contributed by atoms with Crippen LogP contribution >= 0.6 is 0 Å². The summed E-state index contributed by atoms with van der Waals surface area (Å²) in [5, 5.41) is 2.86. The molecule has 0 radical (unpaired) electrons. The normalized spacial score (nSPS) is 23.7. The van der Waals surface area contributed by atoms with Gasteiger partial charge in [0.25, 0.3) is 0 Å². The first-order chi connectivity index (χ1) is 9.49. The SMILES string of the molecule is CC(C)N1C(=O)C(Cc2ccccc2)NC(=O)CC1C. The molecule has 1 N–H and O–H groups in total. The van der Waals surface area contributed by atoms with Gasteiger partial charge < -0.3 is 10.2 Å². The van der Waals surface area contributed by atoms with E-state index in [2.05, 4.69) is 5.32 Å². The third-order valence-corrected chi connectivity index (χ3v) is 3.68. The Hall–Kier alpha value is -1.84. The van der Waals surface area contributed by atoms with Crippen LogP contribution in [0.3, 0.4) is 0 Å². The molecule has 1 aliphatic rings. The Bertz CT molecular complexity index is 485. The van der Waals surface area contributed by atoms with Gasteiger partial charge in [-0.15, -0.1) is 0 Å². The average Bonchev–Trinajstić information content (AvgIpc) is 2.47. The number of nitrogens with zero attached hydrogens (tertiary/aromatic N) is 1. The lowest BCUT2D eigenvalue weighted by atomic mass is 10.0. The molecule has 0 bridgehead atoms. The van der Waals surface area contributed by atoms with Crippen molar-refractivity contribution in [1.82, 2.24) is 10.2 Å². The molecule has 1 aromatic rings. The fraction of sp³-hybridized carbons (Fsp3) is 0.500. The predicted molar refractivity (Wildman–Crippen MR) is 78.1 cm³/mol. The number of rotatable bonds is 3. The van der Waals surface area contributed by atoms with E-state index in [1.54, 1.807) is 0 Å². The maximum absolute atomic E-state index is 12.7. The van der Waals surface area contributed by atoms with Gasteiger partial charge >= 0.3 is 0 Å². The number of benzene rings is 1. The van der Waals surface area contributed by atoms with E-state index in [9.17, 15) is 9.59 Å². The van der Waals surface area contributed by atoms with Crippen molar-refractivity contribution in [2.75, 3.05) is 0 Å². The largest absolute Gasteiger partial charge is 0.344 e. The second kappa shape index (κ2) is 6.07. The zero-order valence-electron chi connectivity index (χ0n) is 12.3. The summed E-state index contributed by atoms with van der Waals surface area (Å²) in [6.07, 6.45) is 0.913. The molecule has 0 aliphatic carbocycles. The Morgan fingerprint density at radius 3 is 2.50 bits per heavy atom. The van der Waals surface area contributed by atoms with E-state index in [1.807, 2.05) is 56.0 Å². The Morgan fingerprint density at radius 2 is 1.90 bits per heavy atom. The van der Waals surface area contributed by atoms with Crippen molar-refractivity contribution in [3.63, 3.8) is 0 Å². The highest BCUT2D eigenvalue weighted by atomic mass is 16.2. The maximum Gasteiger partial charge on any atom is 0.245 e. The standard InChI is InChI=1S/C16H22N2O2/c1-11(2)18-12(3)9-15(19)17-14(16(18)20)10-13-7-5-4-6-8-13/h4-8,11-12,14H,9-10H2,1-3H3,(H,17,19). The molecule has 1 heterocycles. The number of nitrogens with one attached hydrogen (secondary N) is 1. The molecule has 0 spiro atoms. The third kappa shape index (κ3) is 3.18. The number of hydrogen-bond acceptors (Lipinski definition) is 2. The minimum atomic E-state index is -0.461. The second-order valence-corrected chi connectivity index (χ2v) is 5.70. The predicted octanol–water partition coefficient (Wildman–Crippen LogP) is 1.74. The van der Waals surface area contributed by atoms with Crippen LogP contribution in [-0.2, 0) is 16.0 Å². The van der Waals surface area contributed by atoms with E-state index in [1.165, 1.54) is 0 Å². The average molecular weight is 274 g/mol. The molecule has 1 aromatic carbocycles. The van der Waals surface area contributed by atoms with Gasteiger partial charge in [0, 0.05) is 24.9 Å². The lowest BCUT2D eigenvalue weighted by Gasteiger charge is -2.32. The van der Waals surface area contributed by atoms with Crippen molar-refractivity contribution in [3.8, 4) is 0 Å². The van der Waals surface area contributed by atoms with Crippen LogP contribution in [0.1, 0.15) is 32.8 Å². The summed E-state index contributed by atoms with van der Waals surface area (Å²) in [4.78, 5) is 26.4. The topological polar surface area (TPSA) is 49.4 Å². The quantitative estimate of drug-likeness (QED) is 0.913. The van der Waals surface area contributed by atoms with Gasteiger partial charge in [0.05, 0.1) is 0 Å². The highest BCUT2D eigenvalue weighted by molar-refractivity contribution is 5.90. The smallest absolute Gasteiger partial charge is 0.245 e. The highest BCUT2D eigenvalue weighted by Gasteiger charge is 2.35. The second-order valence-electron chi connectivity index (χ2n) is 5.70. The minimum Gasteiger partial charge on any atom is -0.344 e. The van der Waals surface area contributed by atoms with Crippen LogP contribution in [0.4, 0.5) is 0 Å². The lowest BCUT2D eigenvalue weighted by Crippen LogP contribution is -2.50. The molecule has 2 unspecified atom stereocenters. The summed E-state index contributed by atoms with van der Waals surface area (Å²) in [6.45, 7) is 5.91. The summed E-state index contributed by atoms with van der Waals surface area (Å²) in [5.74, 6) is -0.0304. The zero-order chi connectivity index (χ0) is 14.7. The molecule has 1 aliphatic heterocycles. The third-order valence-electron chi connectivity index (χ3n) is 3.68. The molecule has 2 rings (SSSR count). The van der Waals surface area contributed by atoms with Gasteiger partial charge in [0.1, 0.15) is 6.04 Å². The molecule has 2 amide bonds. The monoisotopic (exact) mass is 274 g/mol. The number of amides is 2. The van der Waals surface area contributed by atoms with Gasteiger partial charge in [-0.05, 0) is 26.3 Å². The van der Waals surface area contributed by atoms with Gasteiger partial charge in [-0.2, -0.15) is 0 Å². The van der Waals surface area contributed by atoms with E-state index >= 15 is 0 Å². The number of carbonyl (C=O) groups is 2. The molecular weight excluding hydrogens is 252 g/mol. The molecule has 20 heavy (non-hydrogen) atoms. The fourth-order valence-electron chi connectivity index (χ4n) is 2.83. The summed E-state index contributed by atoms with van der Waals surface area (Å²) >= 11 is 0. The molecule has 108 valence electrons. The van der Waals surface area contributed by atoms with Gasteiger partial charge in [-0.1, -0.05) is 30.3 Å². The first-order valence-electron chi connectivity index (χ1n) is 7.14. The van der Waals surface area contributed by atoms with Crippen molar-refractivity contribution < 1.29 is 9.59 Å². The van der Waals surface area contributed by atoms with Crippen LogP contribution in [0.5, 0.6) is 0 Å². The van der Waals surface area contributed by atoms with Crippen LogP contribution < -0.4 is 5.32 Å². The summed E-state index contributed by atoms with van der Waals surface area (Å²) in [7, 11) is 0. The molecule has 2 atom stereocenters. The van der Waals surface area contributed by atoms with Crippen LogP contribution in [0, 0.1) is 0 Å². The Balaban J connectivity index is 2.22. The van der Waals surface area contributed by atoms with E-state index in [4.69, 9.17) is 0 Å². The van der Waals surface area contributed by atoms with Gasteiger partial charge in [-0.3, -0.25) is 9.59 Å². The van der Waals surface area contributed by atoms with Crippen molar-refractivity contribution in [2.24, 2.45) is 0 Å². The van der Waals surface area contributed by atoms with Crippen LogP contribution in [0.15, 0.2) is 30.3 Å². The van der Waals surface area contributed by atoms with E-state index in [0.717, 1.165) is 5.56 Å². The van der Waals surface area contributed by atoms with E-state index in [-0.39, 0.29) is 23.9 Å². The molecule has 1 saturated heterocycles. The van der Waals surface area contributed by atoms with E-state index in [0.29, 0.717) is 12.8 Å². The Labute approximate surface area is 120 Å². The Kier molecular flexibility index (Phi) is 4.42. The highest BCUT2D eigenvalue weighted by Crippen LogP contribution is 2.17. The summed E-state index contributed by atoms with van der Waals surface area (Å²) in [5.41, 5.74) is 1.06. The number of carbonyl (C=O) groups excluding carboxylic acids is 2. The molecule has 4 heteroatoms. The molecule has 0 saturated carbocycles. The number of hydrogen-bond donors (Lipinski definition) is 1. The van der Waals surface area contributed by atoms with Crippen molar-refractivity contribution in [1.29, 1.82) is 0 Å². The minimum absolute atomic E-state index is 0.0159. The molecule has 4 nitrogen and oxygen atoms in total. The van der Waals surface area contributed by atoms with Crippen molar-refractivity contribution in [2.45, 2.75) is 51.7 Å². The summed E-state index contributed by atoms with van der Waals surface area (Å²) in [6, 6.07) is 9.38. The van der Waals surface area contributed by atoms with Crippen molar-refractivity contribution in [3.05, 3.63) is 35.9 Å². The first kappa shape index (κ1) is 14.6.